The third kappa shape index (κ3) is 9.89. The first kappa shape index (κ1) is 32.7. The highest BCUT2D eigenvalue weighted by atomic mass is 16.5. The summed E-state index contributed by atoms with van der Waals surface area (Å²) in [7, 11) is 11.3. The average Bonchev–Trinajstić information content (AvgIpc) is 3.01. The lowest BCUT2D eigenvalue weighted by Gasteiger charge is -2.17. The molecule has 1 atom stereocenters. The lowest BCUT2D eigenvalue weighted by Crippen LogP contribution is -2.09. The van der Waals surface area contributed by atoms with Crippen molar-refractivity contribution < 1.29 is 19.0 Å². The number of carbonyl (C=O) groups is 1. The van der Waals surface area contributed by atoms with E-state index >= 15 is 0 Å². The van der Waals surface area contributed by atoms with Crippen LogP contribution in [0, 0.1) is 0 Å². The zero-order valence-electron chi connectivity index (χ0n) is 26.2. The third-order valence-corrected chi connectivity index (χ3v) is 6.39. The summed E-state index contributed by atoms with van der Waals surface area (Å²) in [5, 5.41) is 6.60. The molecule has 2 heterocycles. The zero-order valence-corrected chi connectivity index (χ0v) is 26.2. The molecule has 4 rings (SSSR count). The molecule has 1 unspecified atom stereocenters. The predicted octanol–water partition coefficient (Wildman–Crippen LogP) is 6.71. The first-order chi connectivity index (χ1) is 20.6. The molecule has 4 aromatic rings. The lowest BCUT2D eigenvalue weighted by molar-refractivity contribution is 0.0734. The summed E-state index contributed by atoms with van der Waals surface area (Å²) in [5.74, 6) is 1.59. The van der Waals surface area contributed by atoms with Crippen molar-refractivity contribution in [2.45, 2.75) is 20.0 Å². The number of hydrogen-bond acceptors (Lipinski definition) is 10. The Balaban J connectivity index is 0.000000238. The highest BCUT2D eigenvalue weighted by Gasteiger charge is 2.08. The number of ether oxygens (including phenoxy) is 3. The second kappa shape index (κ2) is 16.0. The molecule has 10 heteroatoms. The molecular formula is C33H42N6O4. The van der Waals surface area contributed by atoms with E-state index in [1.165, 1.54) is 0 Å². The van der Waals surface area contributed by atoms with Crippen molar-refractivity contribution in [1.29, 1.82) is 0 Å². The van der Waals surface area contributed by atoms with E-state index in [2.05, 4.69) is 26.7 Å². The first-order valence-corrected chi connectivity index (χ1v) is 13.9. The van der Waals surface area contributed by atoms with Crippen LogP contribution in [0.25, 0.3) is 0 Å². The van der Waals surface area contributed by atoms with Crippen LogP contribution >= 0.6 is 0 Å². The van der Waals surface area contributed by atoms with Crippen molar-refractivity contribution in [2.24, 2.45) is 0 Å². The first-order valence-electron chi connectivity index (χ1n) is 13.9. The van der Waals surface area contributed by atoms with Crippen molar-refractivity contribution in [3.63, 3.8) is 0 Å². The number of pyridine rings is 2. The maximum absolute atomic E-state index is 10.6. The molecule has 0 saturated carbocycles. The largest absolute Gasteiger partial charge is 0.497 e. The second-order valence-corrected chi connectivity index (χ2v) is 10.0. The molecule has 0 spiro atoms. The number of aromatic nitrogens is 2. The Morgan fingerprint density at radius 2 is 1.26 bits per heavy atom. The fourth-order valence-electron chi connectivity index (χ4n) is 4.00. The lowest BCUT2D eigenvalue weighted by atomic mass is 10.2. The van der Waals surface area contributed by atoms with Crippen molar-refractivity contribution in [2.75, 3.05) is 69.5 Å². The van der Waals surface area contributed by atoms with Crippen molar-refractivity contribution in [1.82, 2.24) is 9.97 Å². The van der Waals surface area contributed by atoms with Gasteiger partial charge in [0.25, 0.3) is 0 Å². The monoisotopic (exact) mass is 586 g/mol. The molecule has 0 amide bonds. The molecule has 0 fully saturated rings. The van der Waals surface area contributed by atoms with Crippen LogP contribution in [0.2, 0.25) is 0 Å². The van der Waals surface area contributed by atoms with E-state index in [1.54, 1.807) is 26.5 Å². The van der Waals surface area contributed by atoms with Crippen molar-refractivity contribution >= 4 is 40.4 Å². The molecule has 228 valence electrons. The van der Waals surface area contributed by atoms with Crippen molar-refractivity contribution in [3.05, 3.63) is 84.4 Å². The summed E-state index contributed by atoms with van der Waals surface area (Å²) < 4.78 is 16.2. The highest BCUT2D eigenvalue weighted by Crippen LogP contribution is 2.29. The Morgan fingerprint density at radius 1 is 0.744 bits per heavy atom. The van der Waals surface area contributed by atoms with Gasteiger partial charge in [-0.3, -0.25) is 14.8 Å². The van der Waals surface area contributed by atoms with Gasteiger partial charge in [-0.25, -0.2) is 0 Å². The van der Waals surface area contributed by atoms with E-state index < -0.39 is 0 Å². The van der Waals surface area contributed by atoms with E-state index in [9.17, 15) is 4.79 Å². The molecule has 0 aliphatic heterocycles. The molecule has 0 aliphatic rings. The minimum Gasteiger partial charge on any atom is -0.497 e. The van der Waals surface area contributed by atoms with Crippen LogP contribution in [-0.4, -0.2) is 65.3 Å². The number of nitrogens with zero attached hydrogens (tertiary/aromatic N) is 4. The van der Waals surface area contributed by atoms with E-state index in [0.717, 1.165) is 57.6 Å². The van der Waals surface area contributed by atoms with Crippen LogP contribution in [0.4, 0.5) is 34.1 Å². The molecule has 43 heavy (non-hydrogen) atoms. The minimum absolute atomic E-state index is 0.00575. The zero-order chi connectivity index (χ0) is 31.4. The van der Waals surface area contributed by atoms with Gasteiger partial charge < -0.3 is 34.6 Å². The van der Waals surface area contributed by atoms with Crippen LogP contribution in [0.15, 0.2) is 73.1 Å². The Labute approximate surface area is 254 Å². The number of rotatable bonds is 12. The van der Waals surface area contributed by atoms with Gasteiger partial charge >= 0.3 is 0 Å². The van der Waals surface area contributed by atoms with Gasteiger partial charge in [0.2, 0.25) is 0 Å². The Morgan fingerprint density at radius 3 is 1.63 bits per heavy atom. The Kier molecular flexibility index (Phi) is 12.1. The number of methoxy groups -OCH3 is 2. The maximum Gasteiger partial charge on any atom is 0.168 e. The van der Waals surface area contributed by atoms with Crippen LogP contribution in [-0.2, 0) is 4.74 Å². The topological polar surface area (TPSA) is 101 Å². The number of nitrogens with one attached hydrogen (secondary N) is 2. The third-order valence-electron chi connectivity index (χ3n) is 6.39. The number of anilines is 6. The van der Waals surface area contributed by atoms with E-state index in [1.807, 2.05) is 107 Å². The molecule has 0 aliphatic carbocycles. The molecule has 0 saturated heterocycles. The molecule has 2 aromatic heterocycles. The Hall–Kier alpha value is -4.83. The number of aldehydes is 1. The SMILES string of the molecule is CCOC(C)c1ccc(Nc2cc(OC)cc(N(C)C)c2)cn1.COc1cc(Nc2ccc(C=O)nc2)cc(N(C)C)c1. The molecule has 0 bridgehead atoms. The fourth-order valence-corrected chi connectivity index (χ4v) is 4.00. The summed E-state index contributed by atoms with van der Waals surface area (Å²) in [6, 6.07) is 19.4. The number of benzene rings is 2. The minimum atomic E-state index is 0.00575. The van der Waals surface area contributed by atoms with Crippen LogP contribution in [0.3, 0.4) is 0 Å². The normalized spacial score (nSPS) is 11.0. The van der Waals surface area contributed by atoms with E-state index in [4.69, 9.17) is 14.2 Å². The summed E-state index contributed by atoms with van der Waals surface area (Å²) in [6.45, 7) is 4.67. The molecule has 2 aromatic carbocycles. The maximum atomic E-state index is 10.6. The standard InChI is InChI=1S/C18H25N3O2.C15H17N3O2/c1-6-23-13(2)18-8-7-14(12-19-18)20-15-9-16(21(3)4)11-17(10-15)22-5;1-18(2)14-6-13(7-15(8-14)20-3)17-11-4-5-12(10-19)16-9-11/h7-13,20H,6H2,1-5H3;4-10,17H,1-3H3. The van der Waals surface area contributed by atoms with Gasteiger partial charge in [0.15, 0.2) is 6.29 Å². The quantitative estimate of drug-likeness (QED) is 0.174. The molecule has 2 N–H and O–H groups in total. The van der Waals surface area contributed by atoms with Gasteiger partial charge in [-0.05, 0) is 50.2 Å². The van der Waals surface area contributed by atoms with E-state index in [-0.39, 0.29) is 6.10 Å². The molecule has 10 nitrogen and oxygen atoms in total. The van der Waals surface area contributed by atoms with Gasteiger partial charge in [-0.1, -0.05) is 0 Å². The van der Waals surface area contributed by atoms with Gasteiger partial charge in [-0.15, -0.1) is 0 Å². The van der Waals surface area contributed by atoms with Crippen LogP contribution < -0.4 is 29.9 Å². The number of hydrogen-bond donors (Lipinski definition) is 2. The van der Waals surface area contributed by atoms with Gasteiger partial charge in [-0.2, -0.15) is 0 Å². The summed E-state index contributed by atoms with van der Waals surface area (Å²) in [6.07, 6.45) is 4.17. The predicted molar refractivity (Wildman–Crippen MR) is 175 cm³/mol. The smallest absolute Gasteiger partial charge is 0.168 e. The summed E-state index contributed by atoms with van der Waals surface area (Å²) in [4.78, 5) is 23.1. The van der Waals surface area contributed by atoms with Gasteiger partial charge in [0, 0.05) is 81.8 Å². The van der Waals surface area contributed by atoms with Gasteiger partial charge in [0.1, 0.15) is 17.2 Å². The summed E-state index contributed by atoms with van der Waals surface area (Å²) in [5.41, 5.74) is 7.04. The summed E-state index contributed by atoms with van der Waals surface area (Å²) >= 11 is 0. The Bertz CT molecular complexity index is 1440. The van der Waals surface area contributed by atoms with Crippen LogP contribution in [0.5, 0.6) is 11.5 Å². The van der Waals surface area contributed by atoms with Crippen molar-refractivity contribution in [3.8, 4) is 11.5 Å². The van der Waals surface area contributed by atoms with Crippen LogP contribution in [0.1, 0.15) is 36.1 Å². The second-order valence-electron chi connectivity index (χ2n) is 10.0. The fraction of sp³-hybridized carbons (Fsp3) is 0.303. The average molecular weight is 587 g/mol. The number of carbonyl (C=O) groups excluding carboxylic acids is 1. The highest BCUT2D eigenvalue weighted by molar-refractivity contribution is 5.73. The van der Waals surface area contributed by atoms with E-state index in [0.29, 0.717) is 12.3 Å². The molecule has 0 radical (unpaired) electrons. The van der Waals surface area contributed by atoms with Gasteiger partial charge in [0.05, 0.1) is 49.8 Å². The molecular weight excluding hydrogens is 544 g/mol.